The fourth-order valence-corrected chi connectivity index (χ4v) is 2.39. The Morgan fingerprint density at radius 3 is 2.88 bits per heavy atom. The molecular weight excluding hydrogens is 344 g/mol. The van der Waals surface area contributed by atoms with Crippen molar-refractivity contribution in [1.82, 2.24) is 19.6 Å². The van der Waals surface area contributed by atoms with Gasteiger partial charge in [0.15, 0.2) is 5.82 Å². The molecule has 0 saturated heterocycles. The Morgan fingerprint density at radius 1 is 1.32 bits per heavy atom. The molecule has 1 amide bonds. The van der Waals surface area contributed by atoms with E-state index in [1.807, 2.05) is 24.3 Å². The van der Waals surface area contributed by atoms with Crippen LogP contribution in [0, 0.1) is 0 Å². The number of halogens is 1. The number of rotatable bonds is 5. The van der Waals surface area contributed by atoms with Crippen molar-refractivity contribution >= 4 is 35.1 Å². The van der Waals surface area contributed by atoms with Gasteiger partial charge in [0.1, 0.15) is 0 Å². The van der Waals surface area contributed by atoms with Gasteiger partial charge in [0.2, 0.25) is 11.6 Å². The second-order valence-corrected chi connectivity index (χ2v) is 5.92. The molecule has 0 aliphatic rings. The summed E-state index contributed by atoms with van der Waals surface area (Å²) in [6.45, 7) is 4.02. The van der Waals surface area contributed by atoms with Crippen molar-refractivity contribution in [2.24, 2.45) is 0 Å². The summed E-state index contributed by atoms with van der Waals surface area (Å²) in [5.74, 6) is 0.782. The fourth-order valence-electron chi connectivity index (χ4n) is 2.19. The van der Waals surface area contributed by atoms with Gasteiger partial charge in [-0.1, -0.05) is 29.8 Å². The van der Waals surface area contributed by atoms with Gasteiger partial charge < -0.3 is 10.1 Å². The topological polar surface area (TPSA) is 93.4 Å². The second-order valence-electron chi connectivity index (χ2n) is 5.52. The van der Waals surface area contributed by atoms with Crippen LogP contribution in [0.2, 0.25) is 5.02 Å². The highest BCUT2D eigenvalue weighted by molar-refractivity contribution is 6.31. The third-order valence-electron chi connectivity index (χ3n) is 3.29. The van der Waals surface area contributed by atoms with Gasteiger partial charge >= 0.3 is 6.09 Å². The minimum atomic E-state index is -0.591. The second kappa shape index (κ2) is 7.35. The quantitative estimate of drug-likeness (QED) is 0.724. The number of nitrogens with zero attached hydrogens (tertiary/aromatic N) is 4. The molecule has 2 aromatic heterocycles. The number of carbonyl (C=O) groups excluding carboxylic acids is 1. The molecule has 0 aliphatic carbocycles. The molecule has 8 nitrogen and oxygen atoms in total. The molecule has 0 radical (unpaired) electrons. The monoisotopic (exact) mass is 360 g/mol. The Kier molecular flexibility index (Phi) is 4.99. The van der Waals surface area contributed by atoms with E-state index >= 15 is 0 Å². The molecule has 3 rings (SSSR count). The maximum atomic E-state index is 11.7. The average Bonchev–Trinajstić information content (AvgIpc) is 2.97. The van der Waals surface area contributed by atoms with Crippen molar-refractivity contribution in [2.45, 2.75) is 26.5 Å². The van der Waals surface area contributed by atoms with Gasteiger partial charge in [0.05, 0.1) is 6.10 Å². The van der Waals surface area contributed by atoms with Crippen LogP contribution >= 0.6 is 11.6 Å². The molecule has 0 bridgehead atoms. The zero-order valence-electron chi connectivity index (χ0n) is 13.7. The van der Waals surface area contributed by atoms with Gasteiger partial charge in [-0.15, -0.1) is 10.2 Å². The SMILES string of the molecule is CC(C)OC(=O)Nc1nnc2c(NCc3ccccc3Cl)nccn12. The molecule has 0 spiro atoms. The number of hydrogen-bond donors (Lipinski definition) is 2. The van der Waals surface area contributed by atoms with E-state index < -0.39 is 6.09 Å². The first-order valence-electron chi connectivity index (χ1n) is 7.69. The van der Waals surface area contributed by atoms with E-state index in [0.29, 0.717) is 23.0 Å². The molecule has 2 heterocycles. The lowest BCUT2D eigenvalue weighted by molar-refractivity contribution is 0.129. The molecule has 130 valence electrons. The summed E-state index contributed by atoms with van der Waals surface area (Å²) in [7, 11) is 0. The van der Waals surface area contributed by atoms with Crippen LogP contribution in [-0.4, -0.2) is 31.8 Å². The zero-order valence-corrected chi connectivity index (χ0v) is 14.5. The molecule has 25 heavy (non-hydrogen) atoms. The molecule has 0 unspecified atom stereocenters. The summed E-state index contributed by atoms with van der Waals surface area (Å²) in [6.07, 6.45) is 2.42. The Morgan fingerprint density at radius 2 is 2.12 bits per heavy atom. The van der Waals surface area contributed by atoms with E-state index in [9.17, 15) is 4.79 Å². The van der Waals surface area contributed by atoms with Crippen LogP contribution in [0.3, 0.4) is 0 Å². The standard InChI is InChI=1S/C16H17ClN6O2/c1-10(2)25-16(24)20-15-22-21-14-13(18-7-8-23(14)15)19-9-11-5-3-4-6-12(11)17/h3-8,10H,9H2,1-2H3,(H,18,19)(H,20,22,24). The van der Waals surface area contributed by atoms with E-state index in [-0.39, 0.29) is 12.1 Å². The van der Waals surface area contributed by atoms with E-state index in [1.165, 1.54) is 0 Å². The van der Waals surface area contributed by atoms with Gasteiger partial charge in [-0.25, -0.2) is 9.78 Å². The van der Waals surface area contributed by atoms with Gasteiger partial charge in [0, 0.05) is 24.0 Å². The van der Waals surface area contributed by atoms with Crippen molar-refractivity contribution in [3.63, 3.8) is 0 Å². The minimum Gasteiger partial charge on any atom is -0.447 e. The maximum Gasteiger partial charge on any atom is 0.414 e. The van der Waals surface area contributed by atoms with E-state index in [1.54, 1.807) is 30.6 Å². The van der Waals surface area contributed by atoms with Crippen LogP contribution in [0.1, 0.15) is 19.4 Å². The first-order valence-corrected chi connectivity index (χ1v) is 8.07. The molecular formula is C16H17ClN6O2. The predicted octanol–water partition coefficient (Wildman–Crippen LogP) is 3.35. The zero-order chi connectivity index (χ0) is 17.8. The molecule has 9 heteroatoms. The number of carbonyl (C=O) groups is 1. The summed E-state index contributed by atoms with van der Waals surface area (Å²) in [5.41, 5.74) is 1.42. The highest BCUT2D eigenvalue weighted by atomic mass is 35.5. The lowest BCUT2D eigenvalue weighted by Crippen LogP contribution is -2.19. The fraction of sp³-hybridized carbons (Fsp3) is 0.250. The third-order valence-corrected chi connectivity index (χ3v) is 3.66. The molecule has 2 N–H and O–H groups in total. The van der Waals surface area contributed by atoms with Crippen LogP contribution in [0.25, 0.3) is 5.65 Å². The number of benzene rings is 1. The van der Waals surface area contributed by atoms with Crippen molar-refractivity contribution < 1.29 is 9.53 Å². The number of fused-ring (bicyclic) bond motifs is 1. The van der Waals surface area contributed by atoms with Crippen molar-refractivity contribution in [1.29, 1.82) is 0 Å². The molecule has 1 aromatic carbocycles. The highest BCUT2D eigenvalue weighted by Crippen LogP contribution is 2.19. The van der Waals surface area contributed by atoms with Crippen LogP contribution in [0.15, 0.2) is 36.7 Å². The van der Waals surface area contributed by atoms with Crippen molar-refractivity contribution in [3.8, 4) is 0 Å². The number of amides is 1. The Balaban J connectivity index is 1.79. The third kappa shape index (κ3) is 3.97. The van der Waals surface area contributed by atoms with Crippen LogP contribution in [0.4, 0.5) is 16.6 Å². The van der Waals surface area contributed by atoms with Crippen LogP contribution in [-0.2, 0) is 11.3 Å². The van der Waals surface area contributed by atoms with Gasteiger partial charge in [-0.3, -0.25) is 9.72 Å². The summed E-state index contributed by atoms with van der Waals surface area (Å²) in [4.78, 5) is 16.0. The minimum absolute atomic E-state index is 0.228. The summed E-state index contributed by atoms with van der Waals surface area (Å²) in [5, 5.41) is 14.4. The van der Waals surface area contributed by atoms with E-state index in [4.69, 9.17) is 16.3 Å². The van der Waals surface area contributed by atoms with Crippen LogP contribution < -0.4 is 10.6 Å². The molecule has 0 fully saturated rings. The van der Waals surface area contributed by atoms with Gasteiger partial charge in [-0.2, -0.15) is 0 Å². The van der Waals surface area contributed by atoms with E-state index in [2.05, 4.69) is 25.8 Å². The molecule has 0 atom stereocenters. The number of hydrogen-bond acceptors (Lipinski definition) is 6. The van der Waals surface area contributed by atoms with Gasteiger partial charge in [-0.05, 0) is 25.5 Å². The number of nitrogens with one attached hydrogen (secondary N) is 2. The normalized spacial score (nSPS) is 10.9. The predicted molar refractivity (Wildman–Crippen MR) is 94.8 cm³/mol. The number of aromatic nitrogens is 4. The van der Waals surface area contributed by atoms with Crippen molar-refractivity contribution in [3.05, 3.63) is 47.2 Å². The lowest BCUT2D eigenvalue weighted by atomic mass is 10.2. The first kappa shape index (κ1) is 17.0. The highest BCUT2D eigenvalue weighted by Gasteiger charge is 2.14. The summed E-state index contributed by atoms with van der Waals surface area (Å²) in [6, 6.07) is 7.54. The average molecular weight is 361 g/mol. The Bertz CT molecular complexity index is 895. The largest absolute Gasteiger partial charge is 0.447 e. The summed E-state index contributed by atoms with van der Waals surface area (Å²) < 4.78 is 6.66. The Hall–Kier alpha value is -2.87. The lowest BCUT2D eigenvalue weighted by Gasteiger charge is -2.09. The van der Waals surface area contributed by atoms with Crippen molar-refractivity contribution in [2.75, 3.05) is 10.6 Å². The summed E-state index contributed by atoms with van der Waals surface area (Å²) >= 11 is 6.16. The molecule has 3 aromatic rings. The number of anilines is 2. The maximum absolute atomic E-state index is 11.7. The number of ether oxygens (including phenoxy) is 1. The smallest absolute Gasteiger partial charge is 0.414 e. The van der Waals surface area contributed by atoms with Crippen LogP contribution in [0.5, 0.6) is 0 Å². The first-order chi connectivity index (χ1) is 12.0. The van der Waals surface area contributed by atoms with E-state index in [0.717, 1.165) is 5.56 Å². The van der Waals surface area contributed by atoms with Gasteiger partial charge in [0.25, 0.3) is 0 Å². The molecule has 0 aliphatic heterocycles. The molecule has 0 saturated carbocycles. The Labute approximate surface area is 149 Å².